The summed E-state index contributed by atoms with van der Waals surface area (Å²) in [6.07, 6.45) is 0.317. The molecule has 1 amide bonds. The zero-order valence-electron chi connectivity index (χ0n) is 15.1. The van der Waals surface area contributed by atoms with Crippen molar-refractivity contribution < 1.29 is 4.79 Å². The van der Waals surface area contributed by atoms with Gasteiger partial charge in [-0.3, -0.25) is 4.79 Å². The molecule has 1 N–H and O–H groups in total. The molecule has 0 aliphatic heterocycles. The number of hydrogen-bond donors (Lipinski definition) is 1. The van der Waals surface area contributed by atoms with E-state index in [9.17, 15) is 4.79 Å². The lowest BCUT2D eigenvalue weighted by Gasteiger charge is -2.10. The van der Waals surface area contributed by atoms with E-state index in [1.807, 2.05) is 74.8 Å². The Balaban J connectivity index is 1.81. The summed E-state index contributed by atoms with van der Waals surface area (Å²) >= 11 is 0. The van der Waals surface area contributed by atoms with Crippen LogP contribution in [0.15, 0.2) is 48.5 Å². The number of anilines is 1. The summed E-state index contributed by atoms with van der Waals surface area (Å²) in [6, 6.07) is 16.0. The van der Waals surface area contributed by atoms with Crippen molar-refractivity contribution in [3.8, 4) is 5.69 Å². The van der Waals surface area contributed by atoms with Gasteiger partial charge in [-0.1, -0.05) is 35.9 Å². The van der Waals surface area contributed by atoms with Crippen molar-refractivity contribution in [2.24, 2.45) is 0 Å². The van der Waals surface area contributed by atoms with Gasteiger partial charge in [0.15, 0.2) is 0 Å². The van der Waals surface area contributed by atoms with Crippen LogP contribution >= 0.6 is 0 Å². The van der Waals surface area contributed by atoms with Gasteiger partial charge in [0.2, 0.25) is 5.91 Å². The molecule has 0 aliphatic carbocycles. The Labute approximate surface area is 148 Å². The Morgan fingerprint density at radius 1 is 1.04 bits per heavy atom. The Morgan fingerprint density at radius 2 is 1.76 bits per heavy atom. The van der Waals surface area contributed by atoms with E-state index < -0.39 is 0 Å². The number of aryl methyl sites for hydroxylation is 3. The molecule has 3 aromatic rings. The number of benzene rings is 2. The molecule has 0 fully saturated rings. The van der Waals surface area contributed by atoms with E-state index in [-0.39, 0.29) is 5.91 Å². The van der Waals surface area contributed by atoms with Gasteiger partial charge < -0.3 is 5.32 Å². The minimum Gasteiger partial charge on any atom is -0.326 e. The monoisotopic (exact) mass is 333 g/mol. The van der Waals surface area contributed by atoms with Crippen molar-refractivity contribution in [2.75, 3.05) is 5.32 Å². The first-order chi connectivity index (χ1) is 12.0. The first-order valence-corrected chi connectivity index (χ1v) is 8.43. The van der Waals surface area contributed by atoms with Crippen LogP contribution in [-0.2, 0) is 11.2 Å². The van der Waals surface area contributed by atoms with Gasteiger partial charge >= 0.3 is 0 Å². The highest BCUT2D eigenvalue weighted by Crippen LogP contribution is 2.20. The molecule has 2 aromatic carbocycles. The van der Waals surface area contributed by atoms with Gasteiger partial charge in [-0.05, 0) is 51.5 Å². The molecular formula is C21H23N3O. The molecular weight excluding hydrogens is 310 g/mol. The number of rotatable bonds is 4. The molecule has 4 nitrogen and oxygen atoms in total. The molecule has 25 heavy (non-hydrogen) atoms. The first kappa shape index (κ1) is 17.0. The minimum absolute atomic E-state index is 0.0224. The van der Waals surface area contributed by atoms with Gasteiger partial charge in [-0.15, -0.1) is 0 Å². The summed E-state index contributed by atoms with van der Waals surface area (Å²) in [5.41, 5.74) is 6.99. The molecule has 0 aliphatic rings. The lowest BCUT2D eigenvalue weighted by Crippen LogP contribution is -2.16. The van der Waals surface area contributed by atoms with Crippen molar-refractivity contribution in [3.63, 3.8) is 0 Å². The molecule has 0 radical (unpaired) electrons. The second-order valence-electron chi connectivity index (χ2n) is 6.44. The van der Waals surface area contributed by atoms with E-state index in [1.54, 1.807) is 0 Å². The zero-order valence-corrected chi connectivity index (χ0v) is 15.1. The first-order valence-electron chi connectivity index (χ1n) is 8.43. The molecule has 0 bridgehead atoms. The van der Waals surface area contributed by atoms with Crippen LogP contribution in [0.25, 0.3) is 5.69 Å². The summed E-state index contributed by atoms with van der Waals surface area (Å²) in [5, 5.41) is 7.62. The summed E-state index contributed by atoms with van der Waals surface area (Å²) in [6.45, 7) is 8.01. The average molecular weight is 333 g/mol. The Kier molecular flexibility index (Phi) is 4.70. The van der Waals surface area contributed by atoms with Crippen molar-refractivity contribution in [1.29, 1.82) is 0 Å². The number of carbonyl (C=O) groups is 1. The third-order valence-corrected chi connectivity index (χ3v) is 4.44. The van der Waals surface area contributed by atoms with Crippen LogP contribution in [0, 0.1) is 27.7 Å². The maximum Gasteiger partial charge on any atom is 0.228 e. The van der Waals surface area contributed by atoms with Gasteiger partial charge in [0.25, 0.3) is 0 Å². The van der Waals surface area contributed by atoms with Gasteiger partial charge in [-0.2, -0.15) is 5.10 Å². The fourth-order valence-corrected chi connectivity index (χ4v) is 3.06. The summed E-state index contributed by atoms with van der Waals surface area (Å²) in [5.74, 6) is -0.0224. The van der Waals surface area contributed by atoms with Gasteiger partial charge in [-0.25, -0.2) is 4.68 Å². The molecule has 0 saturated carbocycles. The fourth-order valence-electron chi connectivity index (χ4n) is 3.06. The Hall–Kier alpha value is -2.88. The lowest BCUT2D eigenvalue weighted by molar-refractivity contribution is -0.115. The third kappa shape index (κ3) is 3.63. The van der Waals surface area contributed by atoms with Crippen molar-refractivity contribution in [3.05, 3.63) is 76.6 Å². The molecule has 0 atom stereocenters. The van der Waals surface area contributed by atoms with Gasteiger partial charge in [0.1, 0.15) is 0 Å². The van der Waals surface area contributed by atoms with E-state index in [1.165, 1.54) is 5.56 Å². The van der Waals surface area contributed by atoms with Gasteiger partial charge in [0, 0.05) is 16.9 Å². The number of para-hydroxylation sites is 1. The lowest BCUT2D eigenvalue weighted by atomic mass is 10.1. The predicted molar refractivity (Wildman–Crippen MR) is 101 cm³/mol. The third-order valence-electron chi connectivity index (χ3n) is 4.44. The number of nitrogens with zero attached hydrogens (tertiary/aromatic N) is 2. The predicted octanol–water partition coefficient (Wildman–Crippen LogP) is 4.29. The van der Waals surface area contributed by atoms with E-state index in [0.717, 1.165) is 33.9 Å². The second-order valence-corrected chi connectivity index (χ2v) is 6.44. The quantitative estimate of drug-likeness (QED) is 0.774. The maximum atomic E-state index is 12.5. The van der Waals surface area contributed by atoms with Crippen LogP contribution in [0.1, 0.15) is 28.1 Å². The number of aromatic nitrogens is 2. The normalized spacial score (nSPS) is 10.7. The standard InChI is InChI=1S/C21H23N3O/c1-14-10-11-20(15(2)12-14)22-21(25)13-19-16(3)23-24(17(19)4)18-8-6-5-7-9-18/h5-12H,13H2,1-4H3,(H,22,25). The highest BCUT2D eigenvalue weighted by Gasteiger charge is 2.16. The molecule has 4 heteroatoms. The molecule has 3 rings (SSSR count). The molecule has 0 spiro atoms. The Morgan fingerprint density at radius 3 is 2.44 bits per heavy atom. The molecule has 128 valence electrons. The number of nitrogens with one attached hydrogen (secondary N) is 1. The fraction of sp³-hybridized carbons (Fsp3) is 0.238. The molecule has 1 heterocycles. The van der Waals surface area contributed by atoms with Crippen molar-refractivity contribution in [2.45, 2.75) is 34.1 Å². The number of hydrogen-bond acceptors (Lipinski definition) is 2. The van der Waals surface area contributed by atoms with E-state index in [0.29, 0.717) is 6.42 Å². The van der Waals surface area contributed by atoms with Crippen molar-refractivity contribution in [1.82, 2.24) is 9.78 Å². The van der Waals surface area contributed by atoms with Crippen LogP contribution in [0.4, 0.5) is 5.69 Å². The number of amides is 1. The molecule has 0 saturated heterocycles. The van der Waals surface area contributed by atoms with E-state index >= 15 is 0 Å². The average Bonchev–Trinajstić information content (AvgIpc) is 2.86. The van der Waals surface area contributed by atoms with Crippen LogP contribution in [-0.4, -0.2) is 15.7 Å². The van der Waals surface area contributed by atoms with Crippen LogP contribution in [0.2, 0.25) is 0 Å². The van der Waals surface area contributed by atoms with Gasteiger partial charge in [0.05, 0.1) is 17.8 Å². The molecule has 1 aromatic heterocycles. The highest BCUT2D eigenvalue weighted by molar-refractivity contribution is 5.93. The SMILES string of the molecule is Cc1ccc(NC(=O)Cc2c(C)nn(-c3ccccc3)c2C)c(C)c1. The largest absolute Gasteiger partial charge is 0.326 e. The van der Waals surface area contributed by atoms with Crippen LogP contribution in [0.3, 0.4) is 0 Å². The molecule has 0 unspecified atom stereocenters. The van der Waals surface area contributed by atoms with E-state index in [4.69, 9.17) is 0 Å². The Bertz CT molecular complexity index is 910. The summed E-state index contributed by atoms with van der Waals surface area (Å²) in [7, 11) is 0. The summed E-state index contributed by atoms with van der Waals surface area (Å²) < 4.78 is 1.90. The highest BCUT2D eigenvalue weighted by atomic mass is 16.1. The van der Waals surface area contributed by atoms with Crippen LogP contribution < -0.4 is 5.32 Å². The summed E-state index contributed by atoms with van der Waals surface area (Å²) in [4.78, 5) is 12.5. The van der Waals surface area contributed by atoms with Crippen LogP contribution in [0.5, 0.6) is 0 Å². The maximum absolute atomic E-state index is 12.5. The zero-order chi connectivity index (χ0) is 18.0. The second kappa shape index (κ2) is 6.93. The topological polar surface area (TPSA) is 46.9 Å². The number of carbonyl (C=O) groups excluding carboxylic acids is 1. The minimum atomic E-state index is -0.0224. The smallest absolute Gasteiger partial charge is 0.228 e. The van der Waals surface area contributed by atoms with Crippen molar-refractivity contribution >= 4 is 11.6 Å². The van der Waals surface area contributed by atoms with E-state index in [2.05, 4.69) is 16.5 Å².